The van der Waals surface area contributed by atoms with Gasteiger partial charge in [0.25, 0.3) is 0 Å². The highest BCUT2D eigenvalue weighted by atomic mass is 32.2. The van der Waals surface area contributed by atoms with Crippen molar-refractivity contribution < 1.29 is 34.8 Å². The van der Waals surface area contributed by atoms with Gasteiger partial charge in [0.2, 0.25) is 0 Å². The molecule has 1 fully saturated rings. The van der Waals surface area contributed by atoms with Crippen molar-refractivity contribution >= 4 is 27.8 Å². The maximum absolute atomic E-state index is 13.1. The van der Waals surface area contributed by atoms with Crippen LogP contribution in [0.25, 0.3) is 10.1 Å². The second-order valence-corrected chi connectivity index (χ2v) is 6.74. The lowest BCUT2D eigenvalue weighted by Crippen LogP contribution is -2.02. The van der Waals surface area contributed by atoms with E-state index in [1.165, 1.54) is 12.1 Å². The Labute approximate surface area is 122 Å². The minimum absolute atomic E-state index is 0.0513. The predicted molar refractivity (Wildman–Crippen MR) is 69.8 cm³/mol. The zero-order valence-corrected chi connectivity index (χ0v) is 11.6. The highest BCUT2D eigenvalue weighted by molar-refractivity contribution is 7.38. The summed E-state index contributed by atoms with van der Waals surface area (Å²) < 4.78 is 91.4. The number of hydrogen-bond donors (Lipinski definition) is 0. The number of rotatable bonds is 1. The molecule has 0 radical (unpaired) electrons. The van der Waals surface area contributed by atoms with Crippen LogP contribution < -0.4 is 0 Å². The van der Waals surface area contributed by atoms with Crippen LogP contribution in [-0.4, -0.2) is 7.25 Å². The van der Waals surface area contributed by atoms with Crippen molar-refractivity contribution in [2.24, 2.45) is 0 Å². The number of hydrogen-bond acceptors (Lipinski definition) is 0. The molecule has 1 aromatic carbocycles. The van der Waals surface area contributed by atoms with Crippen LogP contribution in [0.15, 0.2) is 24.3 Å². The molecule has 1 aliphatic carbocycles. The van der Waals surface area contributed by atoms with Gasteiger partial charge in [0.1, 0.15) is 5.82 Å². The van der Waals surface area contributed by atoms with Gasteiger partial charge in [-0.25, -0.2) is 4.39 Å². The number of thiophene rings is 1. The molecule has 10 heteroatoms. The fourth-order valence-electron chi connectivity index (χ4n) is 2.05. The van der Waals surface area contributed by atoms with Crippen LogP contribution >= 0.6 is 10.5 Å². The molecule has 0 aliphatic heterocycles. The van der Waals surface area contributed by atoms with Crippen molar-refractivity contribution in [2.45, 2.75) is 24.3 Å². The summed E-state index contributed by atoms with van der Waals surface area (Å²) in [5.74, 6) is -0.550. The van der Waals surface area contributed by atoms with E-state index in [1.54, 1.807) is 6.07 Å². The van der Waals surface area contributed by atoms with Crippen LogP contribution in [0.2, 0.25) is 0 Å². The molecule has 0 saturated heterocycles. The highest BCUT2D eigenvalue weighted by Gasteiger charge is 2.51. The maximum Gasteiger partial charge on any atom is 0.673 e. The number of benzene rings is 1. The summed E-state index contributed by atoms with van der Waals surface area (Å²) in [6.07, 6.45) is 1.64. The first-order valence-corrected chi connectivity index (χ1v) is 7.39. The Kier molecular flexibility index (Phi) is 4.43. The van der Waals surface area contributed by atoms with E-state index < -0.39 is 29.0 Å². The normalized spacial score (nSPS) is 16.5. The molecule has 0 amide bonds. The lowest BCUT2D eigenvalue weighted by molar-refractivity contribution is -0.0867. The molecule has 1 aromatic heterocycles. The zero-order valence-electron chi connectivity index (χ0n) is 10.8. The molecular formula is C12H9BF8S. The lowest BCUT2D eigenvalue weighted by atomic mass is 10.2. The van der Waals surface area contributed by atoms with E-state index in [2.05, 4.69) is 0 Å². The molecular weight excluding hydrogens is 339 g/mol. The van der Waals surface area contributed by atoms with Gasteiger partial charge in [-0.3, -0.25) is 0 Å². The van der Waals surface area contributed by atoms with Crippen LogP contribution in [-0.2, 0) is 5.51 Å². The van der Waals surface area contributed by atoms with Crippen LogP contribution in [0.5, 0.6) is 0 Å². The van der Waals surface area contributed by atoms with Gasteiger partial charge in [0, 0.05) is 23.4 Å². The summed E-state index contributed by atoms with van der Waals surface area (Å²) in [6.45, 7) is 0. The van der Waals surface area contributed by atoms with Crippen molar-refractivity contribution in [1.29, 1.82) is 0 Å². The topological polar surface area (TPSA) is 0 Å². The van der Waals surface area contributed by atoms with Crippen molar-refractivity contribution in [3.8, 4) is 0 Å². The van der Waals surface area contributed by atoms with Gasteiger partial charge in [0.05, 0.1) is 10.5 Å². The summed E-state index contributed by atoms with van der Waals surface area (Å²) in [5, 5.41) is 0.522. The molecule has 0 bridgehead atoms. The van der Waals surface area contributed by atoms with E-state index in [0.717, 1.165) is 18.9 Å². The van der Waals surface area contributed by atoms with Crippen molar-refractivity contribution in [3.05, 3.63) is 35.0 Å². The van der Waals surface area contributed by atoms with Crippen LogP contribution in [0, 0.1) is 5.82 Å². The largest absolute Gasteiger partial charge is 0.673 e. The third kappa shape index (κ3) is 4.34. The van der Waals surface area contributed by atoms with E-state index in [9.17, 15) is 34.8 Å². The van der Waals surface area contributed by atoms with E-state index in [4.69, 9.17) is 0 Å². The minimum Gasteiger partial charge on any atom is -0.418 e. The molecule has 1 unspecified atom stereocenters. The third-order valence-electron chi connectivity index (χ3n) is 2.94. The summed E-state index contributed by atoms with van der Waals surface area (Å²) in [6, 6.07) is 5.27. The van der Waals surface area contributed by atoms with Crippen molar-refractivity contribution in [3.63, 3.8) is 0 Å². The van der Waals surface area contributed by atoms with Gasteiger partial charge < -0.3 is 17.3 Å². The Morgan fingerprint density at radius 2 is 1.55 bits per heavy atom. The molecule has 1 aliphatic rings. The molecule has 0 nitrogen and oxygen atoms in total. The Hall–Kier alpha value is -1.32. The van der Waals surface area contributed by atoms with Gasteiger partial charge in [-0.05, 0) is 25.0 Å². The van der Waals surface area contributed by atoms with Crippen LogP contribution in [0.1, 0.15) is 23.6 Å². The molecule has 1 atom stereocenters. The quantitative estimate of drug-likeness (QED) is 0.319. The van der Waals surface area contributed by atoms with E-state index in [0.29, 0.717) is 10.3 Å². The van der Waals surface area contributed by atoms with Gasteiger partial charge in [0.15, 0.2) is 9.58 Å². The fourth-order valence-corrected chi connectivity index (χ4v) is 4.23. The van der Waals surface area contributed by atoms with Crippen LogP contribution in [0.3, 0.4) is 0 Å². The molecule has 0 spiro atoms. The molecule has 1 saturated carbocycles. The average Bonchev–Trinajstić information content (AvgIpc) is 3.06. The predicted octanol–water partition coefficient (Wildman–Crippen LogP) is 6.38. The average molecular weight is 348 g/mol. The highest BCUT2D eigenvalue weighted by Crippen LogP contribution is 2.57. The molecule has 2 aromatic rings. The van der Waals surface area contributed by atoms with Gasteiger partial charge in [-0.2, -0.15) is 0 Å². The van der Waals surface area contributed by atoms with Crippen molar-refractivity contribution in [1.82, 2.24) is 0 Å². The fraction of sp³-hybridized carbons (Fsp3) is 0.333. The number of fused-ring (bicyclic) bond motifs is 1. The molecule has 22 heavy (non-hydrogen) atoms. The Balaban J connectivity index is 0.000000309. The standard InChI is InChI=1S/C12H9F4S.BF4/c13-9-4-3-8-5-10(7-1-2-7)17(11(8)6-9)12(14,15)16;2-1(3,4)5/h3-7H,1-2H2;/q+1;-1. The maximum atomic E-state index is 13.1. The summed E-state index contributed by atoms with van der Waals surface area (Å²) in [7, 11) is -7.91. The summed E-state index contributed by atoms with van der Waals surface area (Å²) in [5.41, 5.74) is -4.30. The van der Waals surface area contributed by atoms with E-state index >= 15 is 0 Å². The Morgan fingerprint density at radius 1 is 1.00 bits per heavy atom. The second-order valence-electron chi connectivity index (χ2n) is 4.75. The van der Waals surface area contributed by atoms with Gasteiger partial charge >= 0.3 is 12.8 Å². The summed E-state index contributed by atoms with van der Waals surface area (Å²) in [4.78, 5) is 0.443. The lowest BCUT2D eigenvalue weighted by Gasteiger charge is -1.98. The first-order chi connectivity index (χ1) is 9.97. The first kappa shape index (κ1) is 17.0. The van der Waals surface area contributed by atoms with E-state index in [-0.39, 0.29) is 10.6 Å². The monoisotopic (exact) mass is 348 g/mol. The Bertz CT molecular complexity index is 662. The second kappa shape index (κ2) is 5.71. The molecule has 1 heterocycles. The zero-order chi connectivity index (χ0) is 16.7. The van der Waals surface area contributed by atoms with Gasteiger partial charge in [-0.1, -0.05) is 0 Å². The molecule has 122 valence electrons. The van der Waals surface area contributed by atoms with Crippen LogP contribution in [0.4, 0.5) is 34.8 Å². The Morgan fingerprint density at radius 3 is 2.00 bits per heavy atom. The first-order valence-electron chi connectivity index (χ1n) is 6.16. The van der Waals surface area contributed by atoms with Gasteiger partial charge in [-0.15, -0.1) is 13.2 Å². The van der Waals surface area contributed by atoms with Crippen molar-refractivity contribution in [2.75, 3.05) is 0 Å². The van der Waals surface area contributed by atoms with E-state index in [1.807, 2.05) is 0 Å². The number of halogens is 8. The third-order valence-corrected chi connectivity index (χ3v) is 5.12. The molecule has 0 N–H and O–H groups in total. The molecule has 3 rings (SSSR count). The number of alkyl halides is 3. The summed E-state index contributed by atoms with van der Waals surface area (Å²) >= 11 is 0. The smallest absolute Gasteiger partial charge is 0.418 e. The minimum atomic E-state index is -6.00. The SMILES string of the molecule is F[B-](F)(F)F.Fc1ccc2cc(C3CC3)[s+](C(F)(F)F)c2c1.